The molecule has 0 N–H and O–H groups in total. The molecule has 8 atom stereocenters. The molecule has 3 saturated heterocycles. The van der Waals surface area contributed by atoms with E-state index in [1.54, 1.807) is 0 Å². The molecule has 6 nitrogen and oxygen atoms in total. The number of ether oxygens (including phenoxy) is 5. The quantitative estimate of drug-likeness (QED) is 0.168. The predicted molar refractivity (Wildman–Crippen MR) is 125 cm³/mol. The average Bonchev–Trinajstić information content (AvgIpc) is 3.37. The third-order valence-electron chi connectivity index (χ3n) is 7.26. The molecule has 0 aromatic heterocycles. The van der Waals surface area contributed by atoms with Gasteiger partial charge in [-0.1, -0.05) is 28.1 Å². The van der Waals surface area contributed by atoms with Gasteiger partial charge in [0.2, 0.25) is 0 Å². The number of rotatable bonds is 11. The summed E-state index contributed by atoms with van der Waals surface area (Å²) in [5, 5.41) is 0. The van der Waals surface area contributed by atoms with E-state index in [0.717, 1.165) is 70.9 Å². The number of carbonyl (C=O) groups excluding carboxylic acids is 1. The zero-order chi connectivity index (χ0) is 22.2. The molecule has 0 aromatic rings. The largest absolute Gasteiger partial charge is 0.373 e. The molecule has 4 aliphatic rings. The van der Waals surface area contributed by atoms with Crippen molar-refractivity contribution in [2.75, 3.05) is 19.8 Å². The fraction of sp³-hybridized carbons (Fsp3) is 0.880. The van der Waals surface area contributed by atoms with E-state index in [1.807, 2.05) is 0 Å². The first-order valence-electron chi connectivity index (χ1n) is 12.6. The lowest BCUT2D eigenvalue weighted by Crippen LogP contribution is -2.32. The van der Waals surface area contributed by atoms with Crippen molar-refractivity contribution in [3.05, 3.63) is 12.2 Å². The van der Waals surface area contributed by atoms with Gasteiger partial charge in [-0.3, -0.25) is 0 Å². The second kappa shape index (κ2) is 13.0. The van der Waals surface area contributed by atoms with Crippen LogP contribution in [-0.4, -0.2) is 61.8 Å². The maximum Gasteiger partial charge on any atom is 0.157 e. The number of halogens is 1. The molecule has 7 heteroatoms. The Morgan fingerprint density at radius 2 is 1.81 bits per heavy atom. The van der Waals surface area contributed by atoms with E-state index in [2.05, 4.69) is 28.1 Å². The minimum Gasteiger partial charge on any atom is -0.373 e. The summed E-state index contributed by atoms with van der Waals surface area (Å²) in [6.45, 7) is 2.17. The van der Waals surface area contributed by atoms with Crippen molar-refractivity contribution in [3.8, 4) is 0 Å². The van der Waals surface area contributed by atoms with Gasteiger partial charge in [0.1, 0.15) is 6.29 Å². The monoisotopic (exact) mass is 514 g/mol. The zero-order valence-electron chi connectivity index (χ0n) is 19.1. The van der Waals surface area contributed by atoms with Gasteiger partial charge in [-0.2, -0.15) is 0 Å². The molecular weight excluding hydrogens is 476 g/mol. The molecule has 1 saturated carbocycles. The molecule has 182 valence electrons. The van der Waals surface area contributed by atoms with Gasteiger partial charge in [-0.05, 0) is 63.7 Å². The van der Waals surface area contributed by atoms with Crippen LogP contribution in [0, 0.1) is 11.8 Å². The van der Waals surface area contributed by atoms with Crippen molar-refractivity contribution >= 4 is 22.2 Å². The minimum absolute atomic E-state index is 0.0628. The van der Waals surface area contributed by atoms with E-state index in [4.69, 9.17) is 23.7 Å². The summed E-state index contributed by atoms with van der Waals surface area (Å²) >= 11 is 3.82. The van der Waals surface area contributed by atoms with Crippen molar-refractivity contribution in [3.63, 3.8) is 0 Å². The van der Waals surface area contributed by atoms with Crippen LogP contribution in [0.3, 0.4) is 0 Å². The molecule has 4 rings (SSSR count). The maximum absolute atomic E-state index is 10.6. The van der Waals surface area contributed by atoms with Gasteiger partial charge < -0.3 is 28.5 Å². The Hall–Kier alpha value is -0.310. The second-order valence-corrected chi connectivity index (χ2v) is 10.7. The van der Waals surface area contributed by atoms with Crippen molar-refractivity contribution in [2.45, 2.75) is 106 Å². The fourth-order valence-electron chi connectivity index (χ4n) is 5.56. The standard InChI is InChI=1S/C25H39BrO6/c26-20(9-1-4-12-27)23-16-19-18(8-7-15-29-24-10-2-5-13-28-24)21(17-22(19)31-23)32-25-11-3-6-14-30-25/h7-8,12,18-25H,1-6,9-11,13-17H2/t18-,19-,20?,21-,22-,23-,24?,25?/m1/s1. The molecule has 3 heterocycles. The number of unbranched alkanes of at least 4 members (excludes halogenated alkanes) is 1. The average molecular weight is 515 g/mol. The molecule has 4 fully saturated rings. The number of hydrogen-bond donors (Lipinski definition) is 0. The SMILES string of the molecule is O=CCCCC(Br)[C@H]1C[C@@H]2[C@@H](C=CCOC3CCCCO3)[C@H](OC3CCCCO3)C[C@H]2O1. The van der Waals surface area contributed by atoms with E-state index in [0.29, 0.717) is 29.7 Å². The molecule has 0 spiro atoms. The van der Waals surface area contributed by atoms with Crippen LogP contribution in [0.1, 0.15) is 70.6 Å². The summed E-state index contributed by atoms with van der Waals surface area (Å²) < 4.78 is 30.4. The summed E-state index contributed by atoms with van der Waals surface area (Å²) in [6, 6.07) is 0. The highest BCUT2D eigenvalue weighted by Crippen LogP contribution is 2.47. The number of aldehydes is 1. The normalized spacial score (nSPS) is 38.7. The first-order valence-corrected chi connectivity index (χ1v) is 13.6. The lowest BCUT2D eigenvalue weighted by molar-refractivity contribution is -0.194. The zero-order valence-corrected chi connectivity index (χ0v) is 20.7. The minimum atomic E-state index is -0.0848. The van der Waals surface area contributed by atoms with Crippen LogP contribution in [0.25, 0.3) is 0 Å². The van der Waals surface area contributed by atoms with E-state index in [-0.39, 0.29) is 30.9 Å². The van der Waals surface area contributed by atoms with Gasteiger partial charge in [0.25, 0.3) is 0 Å². The Balaban J connectivity index is 1.33. The van der Waals surface area contributed by atoms with Gasteiger partial charge in [-0.25, -0.2) is 0 Å². The van der Waals surface area contributed by atoms with Crippen LogP contribution in [0.4, 0.5) is 0 Å². The second-order valence-electron chi connectivity index (χ2n) is 9.57. The van der Waals surface area contributed by atoms with Gasteiger partial charge in [0, 0.05) is 36.8 Å². The smallest absolute Gasteiger partial charge is 0.157 e. The third-order valence-corrected chi connectivity index (χ3v) is 8.31. The van der Waals surface area contributed by atoms with Gasteiger partial charge >= 0.3 is 0 Å². The summed E-state index contributed by atoms with van der Waals surface area (Å²) in [4.78, 5) is 10.9. The third kappa shape index (κ3) is 6.86. The van der Waals surface area contributed by atoms with Gasteiger partial charge in [0.05, 0.1) is 24.9 Å². The van der Waals surface area contributed by atoms with Crippen LogP contribution < -0.4 is 0 Å². The number of carbonyl (C=O) groups is 1. The molecule has 0 bridgehead atoms. The topological polar surface area (TPSA) is 63.2 Å². The van der Waals surface area contributed by atoms with Crippen LogP contribution in [0.15, 0.2) is 12.2 Å². The first-order chi connectivity index (χ1) is 15.7. The Kier molecular flexibility index (Phi) is 10.0. The summed E-state index contributed by atoms with van der Waals surface area (Å²) in [5.41, 5.74) is 0. The Bertz CT molecular complexity index is 589. The van der Waals surface area contributed by atoms with Gasteiger partial charge in [-0.15, -0.1) is 0 Å². The van der Waals surface area contributed by atoms with Gasteiger partial charge in [0.15, 0.2) is 12.6 Å². The van der Waals surface area contributed by atoms with Crippen molar-refractivity contribution in [2.24, 2.45) is 11.8 Å². The highest BCUT2D eigenvalue weighted by Gasteiger charge is 2.50. The summed E-state index contributed by atoms with van der Waals surface area (Å²) in [7, 11) is 0. The lowest BCUT2D eigenvalue weighted by atomic mass is 9.89. The Morgan fingerprint density at radius 3 is 2.53 bits per heavy atom. The van der Waals surface area contributed by atoms with Crippen LogP contribution in [0.5, 0.6) is 0 Å². The Morgan fingerprint density at radius 1 is 1.03 bits per heavy atom. The van der Waals surface area contributed by atoms with Crippen LogP contribution in [0.2, 0.25) is 0 Å². The molecule has 1 aliphatic carbocycles. The lowest BCUT2D eigenvalue weighted by Gasteiger charge is -2.29. The fourth-order valence-corrected chi connectivity index (χ4v) is 6.22. The molecule has 0 radical (unpaired) electrons. The molecule has 3 aliphatic heterocycles. The maximum atomic E-state index is 10.6. The molecule has 0 aromatic carbocycles. The predicted octanol–water partition coefficient (Wildman–Crippen LogP) is 4.92. The molecule has 32 heavy (non-hydrogen) atoms. The van der Waals surface area contributed by atoms with E-state index in [1.165, 1.54) is 12.8 Å². The molecular formula is C25H39BrO6. The number of hydrogen-bond acceptors (Lipinski definition) is 6. The van der Waals surface area contributed by atoms with Crippen molar-refractivity contribution in [1.29, 1.82) is 0 Å². The highest BCUT2D eigenvalue weighted by atomic mass is 79.9. The molecule has 3 unspecified atom stereocenters. The number of alkyl halides is 1. The summed E-state index contributed by atoms with van der Waals surface area (Å²) in [6.07, 6.45) is 16.8. The van der Waals surface area contributed by atoms with Crippen LogP contribution >= 0.6 is 15.9 Å². The first kappa shape index (κ1) is 24.8. The van der Waals surface area contributed by atoms with E-state index in [9.17, 15) is 4.79 Å². The summed E-state index contributed by atoms with van der Waals surface area (Å²) in [5.74, 6) is 0.753. The van der Waals surface area contributed by atoms with E-state index < -0.39 is 0 Å². The van der Waals surface area contributed by atoms with Crippen molar-refractivity contribution < 1.29 is 28.5 Å². The number of fused-ring (bicyclic) bond motifs is 1. The molecule has 0 amide bonds. The van der Waals surface area contributed by atoms with Crippen molar-refractivity contribution in [1.82, 2.24) is 0 Å². The highest BCUT2D eigenvalue weighted by molar-refractivity contribution is 9.09. The van der Waals surface area contributed by atoms with E-state index >= 15 is 0 Å². The van der Waals surface area contributed by atoms with Crippen LogP contribution in [-0.2, 0) is 28.5 Å². The Labute approximate surface area is 200 Å².